The van der Waals surface area contributed by atoms with E-state index in [0.717, 1.165) is 17.3 Å². The maximum absolute atomic E-state index is 14.7. The summed E-state index contributed by atoms with van der Waals surface area (Å²) in [5.74, 6) is -0.487. The molecule has 0 amide bonds. The van der Waals surface area contributed by atoms with Gasteiger partial charge in [-0.15, -0.1) is 0 Å². The molecular weight excluding hydrogens is 441 g/mol. The highest BCUT2D eigenvalue weighted by Gasteiger charge is 2.20. The minimum atomic E-state index is -0.591. The molecule has 0 unspecified atom stereocenters. The third kappa shape index (κ3) is 4.49. The molecule has 8 heteroatoms. The number of pyridine rings is 1. The van der Waals surface area contributed by atoms with E-state index < -0.39 is 10.7 Å². The monoisotopic (exact) mass is 455 g/mol. The summed E-state index contributed by atoms with van der Waals surface area (Å²) >= 11 is 1.02. The van der Waals surface area contributed by atoms with E-state index in [4.69, 9.17) is 0 Å². The highest BCUT2D eigenvalue weighted by Crippen LogP contribution is 2.39. The minimum Gasteiger partial charge on any atom is -0.298 e. The summed E-state index contributed by atoms with van der Waals surface area (Å²) in [5.41, 5.74) is 1.90. The van der Waals surface area contributed by atoms with Crippen molar-refractivity contribution in [2.24, 2.45) is 0 Å². The number of nitro benzene ring substituents is 1. The van der Waals surface area contributed by atoms with Crippen LogP contribution in [-0.4, -0.2) is 16.2 Å². The van der Waals surface area contributed by atoms with E-state index in [1.165, 1.54) is 24.3 Å². The molecule has 0 radical (unpaired) electrons. The van der Waals surface area contributed by atoms with Crippen molar-refractivity contribution >= 4 is 23.7 Å². The van der Waals surface area contributed by atoms with Gasteiger partial charge in [-0.25, -0.2) is 9.37 Å². The number of aldehydes is 1. The fraction of sp³-hybridized carbons (Fsp3) is 0. The van der Waals surface area contributed by atoms with Crippen LogP contribution in [0.5, 0.6) is 0 Å². The predicted octanol–water partition coefficient (Wildman–Crippen LogP) is 6.30. The minimum absolute atomic E-state index is 0.0949. The molecule has 4 aromatic rings. The summed E-state index contributed by atoms with van der Waals surface area (Å²) in [6.45, 7) is 0. The average Bonchev–Trinajstić information content (AvgIpc) is 2.84. The Bertz CT molecular complexity index is 1420. The van der Waals surface area contributed by atoms with Crippen LogP contribution in [0.1, 0.15) is 15.9 Å². The molecule has 0 aliphatic rings. The molecule has 0 fully saturated rings. The second kappa shape index (κ2) is 9.42. The van der Waals surface area contributed by atoms with Crippen LogP contribution in [0.3, 0.4) is 0 Å². The molecule has 6 nitrogen and oxygen atoms in total. The number of nitro groups is 1. The van der Waals surface area contributed by atoms with Crippen molar-refractivity contribution in [1.82, 2.24) is 4.98 Å². The Balaban J connectivity index is 1.94. The van der Waals surface area contributed by atoms with Gasteiger partial charge in [0.2, 0.25) is 0 Å². The van der Waals surface area contributed by atoms with E-state index in [1.54, 1.807) is 24.3 Å². The van der Waals surface area contributed by atoms with Gasteiger partial charge in [0.15, 0.2) is 6.29 Å². The van der Waals surface area contributed by atoms with Gasteiger partial charge in [-0.05, 0) is 18.2 Å². The van der Waals surface area contributed by atoms with Crippen LogP contribution >= 0.6 is 11.8 Å². The number of carbonyl (C=O) groups excluding carboxylic acids is 1. The van der Waals surface area contributed by atoms with Gasteiger partial charge in [-0.1, -0.05) is 60.3 Å². The first-order valence-electron chi connectivity index (χ1n) is 9.68. The normalized spacial score (nSPS) is 10.4. The Labute approximate surface area is 192 Å². The number of non-ortho nitro benzene ring substituents is 1. The lowest BCUT2D eigenvalue weighted by Gasteiger charge is -2.13. The lowest BCUT2D eigenvalue weighted by Crippen LogP contribution is -1.98. The summed E-state index contributed by atoms with van der Waals surface area (Å²) in [5, 5.41) is 21.3. The van der Waals surface area contributed by atoms with Crippen molar-refractivity contribution in [3.05, 3.63) is 106 Å². The van der Waals surface area contributed by atoms with E-state index in [2.05, 4.69) is 11.1 Å². The van der Waals surface area contributed by atoms with Crippen LogP contribution < -0.4 is 0 Å². The number of rotatable bonds is 6. The maximum Gasteiger partial charge on any atom is 0.270 e. The molecule has 3 aromatic carbocycles. The van der Waals surface area contributed by atoms with E-state index in [-0.39, 0.29) is 27.4 Å². The van der Waals surface area contributed by atoms with Gasteiger partial charge < -0.3 is 0 Å². The fourth-order valence-electron chi connectivity index (χ4n) is 3.29. The van der Waals surface area contributed by atoms with Gasteiger partial charge in [-0.2, -0.15) is 5.26 Å². The van der Waals surface area contributed by atoms with Gasteiger partial charge in [0.1, 0.15) is 16.9 Å². The largest absolute Gasteiger partial charge is 0.298 e. The summed E-state index contributed by atoms with van der Waals surface area (Å²) in [4.78, 5) is 27.1. The molecule has 0 aliphatic carbocycles. The fourth-order valence-corrected chi connectivity index (χ4v) is 4.26. The standard InChI is InChI=1S/C25H14FN3O3S/c26-22-9-5-4-8-19(22)20-13-23(16-6-2-1-3-7-16)28-25(21(20)14-27)33-24-11-10-18(29(31)32)12-17(24)15-30/h1-13,15H. The zero-order chi connectivity index (χ0) is 23.4. The number of halogens is 1. The second-order valence-electron chi connectivity index (χ2n) is 6.89. The van der Waals surface area contributed by atoms with Gasteiger partial charge in [-0.3, -0.25) is 14.9 Å². The summed E-state index contributed by atoms with van der Waals surface area (Å²) in [6, 6.07) is 23.0. The summed E-state index contributed by atoms with van der Waals surface area (Å²) in [6.07, 6.45) is 0.514. The topological polar surface area (TPSA) is 96.9 Å². The highest BCUT2D eigenvalue weighted by molar-refractivity contribution is 7.99. The zero-order valence-electron chi connectivity index (χ0n) is 16.9. The lowest BCUT2D eigenvalue weighted by molar-refractivity contribution is -0.384. The summed E-state index contributed by atoms with van der Waals surface area (Å²) < 4.78 is 14.7. The quantitative estimate of drug-likeness (QED) is 0.192. The molecule has 0 N–H and O–H groups in total. The molecule has 4 rings (SSSR count). The summed E-state index contributed by atoms with van der Waals surface area (Å²) in [7, 11) is 0. The third-order valence-corrected chi connectivity index (χ3v) is 5.95. The smallest absolute Gasteiger partial charge is 0.270 e. The lowest BCUT2D eigenvalue weighted by atomic mass is 9.99. The molecule has 0 spiro atoms. The van der Waals surface area contributed by atoms with Gasteiger partial charge in [0.05, 0.1) is 16.2 Å². The predicted molar refractivity (Wildman–Crippen MR) is 122 cm³/mol. The van der Waals surface area contributed by atoms with Crippen molar-refractivity contribution in [3.63, 3.8) is 0 Å². The molecule has 0 atom stereocenters. The van der Waals surface area contributed by atoms with E-state index in [9.17, 15) is 24.6 Å². The molecular formula is C25H14FN3O3S. The number of benzene rings is 3. The average molecular weight is 455 g/mol. The van der Waals surface area contributed by atoms with Crippen LogP contribution in [0.25, 0.3) is 22.4 Å². The Morgan fingerprint density at radius 2 is 1.73 bits per heavy atom. The van der Waals surface area contributed by atoms with Crippen LogP contribution in [0.4, 0.5) is 10.1 Å². The van der Waals surface area contributed by atoms with Crippen LogP contribution in [0.15, 0.2) is 88.8 Å². The molecule has 0 saturated carbocycles. The first kappa shape index (κ1) is 21.9. The number of carbonyl (C=O) groups is 1. The van der Waals surface area contributed by atoms with Crippen LogP contribution in [0, 0.1) is 27.3 Å². The maximum atomic E-state index is 14.7. The van der Waals surface area contributed by atoms with Gasteiger partial charge in [0.25, 0.3) is 5.69 Å². The Hall–Kier alpha value is -4.35. The Morgan fingerprint density at radius 3 is 2.39 bits per heavy atom. The van der Waals surface area contributed by atoms with E-state index in [0.29, 0.717) is 22.4 Å². The number of aromatic nitrogens is 1. The highest BCUT2D eigenvalue weighted by atomic mass is 32.2. The molecule has 0 bridgehead atoms. The molecule has 0 saturated heterocycles. The molecule has 0 aliphatic heterocycles. The molecule has 160 valence electrons. The molecule has 1 heterocycles. The SMILES string of the molecule is N#Cc1c(-c2ccccc2F)cc(-c2ccccc2)nc1Sc1ccc([N+](=O)[O-])cc1C=O. The number of nitriles is 1. The Morgan fingerprint density at radius 1 is 1.00 bits per heavy atom. The first-order chi connectivity index (χ1) is 16.0. The molecule has 1 aromatic heterocycles. The number of nitrogens with zero attached hydrogens (tertiary/aromatic N) is 3. The van der Waals surface area contributed by atoms with Crippen LogP contribution in [-0.2, 0) is 0 Å². The second-order valence-corrected chi connectivity index (χ2v) is 7.92. The van der Waals surface area contributed by atoms with Crippen molar-refractivity contribution in [2.75, 3.05) is 0 Å². The number of hydrogen-bond donors (Lipinski definition) is 0. The van der Waals surface area contributed by atoms with Crippen molar-refractivity contribution in [3.8, 4) is 28.5 Å². The Kier molecular flexibility index (Phi) is 6.24. The van der Waals surface area contributed by atoms with Crippen molar-refractivity contribution in [2.45, 2.75) is 9.92 Å². The van der Waals surface area contributed by atoms with Crippen LogP contribution in [0.2, 0.25) is 0 Å². The van der Waals surface area contributed by atoms with Gasteiger partial charge >= 0.3 is 0 Å². The van der Waals surface area contributed by atoms with E-state index >= 15 is 0 Å². The third-order valence-electron chi connectivity index (χ3n) is 4.87. The zero-order valence-corrected chi connectivity index (χ0v) is 17.8. The van der Waals surface area contributed by atoms with Gasteiger partial charge in [0, 0.05) is 39.3 Å². The first-order valence-corrected chi connectivity index (χ1v) is 10.5. The van der Waals surface area contributed by atoms with E-state index in [1.807, 2.05) is 30.3 Å². The number of hydrogen-bond acceptors (Lipinski definition) is 6. The molecule has 33 heavy (non-hydrogen) atoms. The van der Waals surface area contributed by atoms with Crippen molar-refractivity contribution in [1.29, 1.82) is 5.26 Å². The van der Waals surface area contributed by atoms with Crippen molar-refractivity contribution < 1.29 is 14.1 Å².